The molecule has 6 heteroatoms. The van der Waals surface area contributed by atoms with E-state index in [-0.39, 0.29) is 3.79 Å². The quantitative estimate of drug-likeness (QED) is 0.668. The number of aromatic nitrogens is 1. The van der Waals surface area contributed by atoms with Crippen LogP contribution in [0.1, 0.15) is 5.69 Å². The zero-order chi connectivity index (χ0) is 7.78. The van der Waals surface area contributed by atoms with Crippen LogP contribution in [-0.4, -0.2) is 4.98 Å². The molecule has 10 heavy (non-hydrogen) atoms. The highest BCUT2D eigenvalue weighted by atomic mass is 79.9. The number of hydrogen-bond acceptors (Lipinski definition) is 2. The molecule has 0 N–H and O–H groups in total. The topological polar surface area (TPSA) is 12.9 Å². The van der Waals surface area contributed by atoms with Crippen molar-refractivity contribution in [2.75, 3.05) is 0 Å². The van der Waals surface area contributed by atoms with Crippen LogP contribution in [0.15, 0.2) is 3.79 Å². The minimum Gasteiger partial charge on any atom is -0.228 e. The summed E-state index contributed by atoms with van der Waals surface area (Å²) in [6.07, 6.45) is -4.37. The monoisotopic (exact) mass is 230 g/mol. The largest absolute Gasteiger partial charge is 0.435 e. The van der Waals surface area contributed by atoms with Gasteiger partial charge in [-0.2, -0.15) is 13.2 Å². The molecule has 1 radical (unpaired) electrons. The Labute approximate surface area is 67.0 Å². The van der Waals surface area contributed by atoms with E-state index in [0.717, 1.165) is 11.3 Å². The van der Waals surface area contributed by atoms with Gasteiger partial charge in [0, 0.05) is 0 Å². The Morgan fingerprint density at radius 3 is 2.30 bits per heavy atom. The second-order valence-electron chi connectivity index (χ2n) is 1.43. The number of hydrogen-bond donors (Lipinski definition) is 0. The normalized spacial score (nSPS) is 12.0. The van der Waals surface area contributed by atoms with Crippen LogP contribution in [0.3, 0.4) is 0 Å². The number of halogens is 4. The van der Waals surface area contributed by atoms with E-state index in [9.17, 15) is 13.2 Å². The van der Waals surface area contributed by atoms with Gasteiger partial charge in [0.2, 0.25) is 0 Å². The Balaban J connectivity index is 3.05. The number of nitrogens with zero attached hydrogens (tertiary/aromatic N) is 1. The summed E-state index contributed by atoms with van der Waals surface area (Å²) in [5.41, 5.74) is 1.22. The predicted molar refractivity (Wildman–Crippen MR) is 33.7 cm³/mol. The lowest BCUT2D eigenvalue weighted by Crippen LogP contribution is -2.05. The first-order chi connectivity index (χ1) is 4.52. The summed E-state index contributed by atoms with van der Waals surface area (Å²) >= 11 is 3.50. The van der Waals surface area contributed by atoms with Crippen molar-refractivity contribution in [3.8, 4) is 0 Å². The molecule has 1 aromatic rings. The molecule has 0 aliphatic rings. The van der Waals surface area contributed by atoms with Gasteiger partial charge in [0.1, 0.15) is 3.79 Å². The van der Waals surface area contributed by atoms with Crippen molar-refractivity contribution in [1.82, 2.24) is 4.98 Å². The van der Waals surface area contributed by atoms with E-state index in [0.29, 0.717) is 0 Å². The molecule has 0 spiro atoms. The molecule has 1 rings (SSSR count). The highest BCUT2D eigenvalue weighted by Crippen LogP contribution is 2.35. The second kappa shape index (κ2) is 2.50. The fourth-order valence-electron chi connectivity index (χ4n) is 0.376. The molecule has 0 fully saturated rings. The van der Waals surface area contributed by atoms with Gasteiger partial charge in [-0.15, -0.1) is 11.3 Å². The van der Waals surface area contributed by atoms with Crippen molar-refractivity contribution >= 4 is 27.3 Å². The lowest BCUT2D eigenvalue weighted by atomic mass is 10.5. The Bertz CT molecular complexity index is 231. The van der Waals surface area contributed by atoms with Crippen molar-refractivity contribution in [3.05, 3.63) is 15.0 Å². The first-order valence-electron chi connectivity index (χ1n) is 2.11. The molecule has 0 atom stereocenters. The summed E-state index contributed by atoms with van der Waals surface area (Å²) in [5, 5.41) is 0. The Morgan fingerprint density at radius 2 is 2.10 bits per heavy atom. The molecule has 0 amide bonds. The summed E-state index contributed by atoms with van der Waals surface area (Å²) in [6.45, 7) is 0. The molecule has 1 aromatic heterocycles. The minimum atomic E-state index is -4.37. The second-order valence-corrected chi connectivity index (χ2v) is 3.54. The fourth-order valence-corrected chi connectivity index (χ4v) is 1.38. The fraction of sp³-hybridized carbons (Fsp3) is 0.250. The molecular formula is C4BrF3NS. The van der Waals surface area contributed by atoms with Crippen LogP contribution in [0.5, 0.6) is 0 Å². The molecule has 0 aromatic carbocycles. The van der Waals surface area contributed by atoms with Gasteiger partial charge in [0.25, 0.3) is 0 Å². The number of thiazole rings is 1. The number of rotatable bonds is 0. The molecule has 1 nitrogen and oxygen atoms in total. The van der Waals surface area contributed by atoms with Crippen molar-refractivity contribution in [3.63, 3.8) is 0 Å². The van der Waals surface area contributed by atoms with Gasteiger partial charge in [-0.05, 0) is 15.9 Å². The van der Waals surface area contributed by atoms with E-state index in [4.69, 9.17) is 0 Å². The molecule has 0 unspecified atom stereocenters. The third-order valence-corrected chi connectivity index (χ3v) is 2.16. The Hall–Kier alpha value is -0.100. The summed E-state index contributed by atoms with van der Waals surface area (Å²) in [6, 6.07) is 0. The van der Waals surface area contributed by atoms with Gasteiger partial charge in [-0.3, -0.25) is 0 Å². The maximum absolute atomic E-state index is 11.8. The smallest absolute Gasteiger partial charge is 0.228 e. The zero-order valence-electron chi connectivity index (χ0n) is 4.37. The van der Waals surface area contributed by atoms with Crippen LogP contribution in [0.25, 0.3) is 0 Å². The zero-order valence-corrected chi connectivity index (χ0v) is 6.77. The molecule has 0 aliphatic carbocycles. The summed E-state index contributed by atoms with van der Waals surface area (Å²) in [7, 11) is 0. The van der Waals surface area contributed by atoms with Gasteiger partial charge in [-0.25, -0.2) is 4.98 Å². The third kappa shape index (κ3) is 1.49. The number of alkyl halides is 3. The highest BCUT2D eigenvalue weighted by Gasteiger charge is 2.35. The summed E-state index contributed by atoms with van der Waals surface area (Å²) < 4.78 is 35.3. The van der Waals surface area contributed by atoms with Crippen LogP contribution in [0, 0.1) is 5.51 Å². The van der Waals surface area contributed by atoms with E-state index in [1.807, 2.05) is 0 Å². The van der Waals surface area contributed by atoms with E-state index >= 15 is 0 Å². The van der Waals surface area contributed by atoms with Crippen molar-refractivity contribution in [2.24, 2.45) is 0 Å². The first kappa shape index (κ1) is 8.00. The van der Waals surface area contributed by atoms with Crippen molar-refractivity contribution in [2.45, 2.75) is 6.18 Å². The molecule has 0 aliphatic heterocycles. The third-order valence-electron chi connectivity index (χ3n) is 0.747. The lowest BCUT2D eigenvalue weighted by molar-refractivity contribution is -0.141. The lowest BCUT2D eigenvalue weighted by Gasteiger charge is -2.00. The SMILES string of the molecule is FC(F)(F)c1n[c]sc1Br. The first-order valence-corrected chi connectivity index (χ1v) is 3.72. The molecule has 0 saturated heterocycles. The molecule has 0 saturated carbocycles. The Kier molecular flexibility index (Phi) is 2.00. The van der Waals surface area contributed by atoms with Crippen LogP contribution in [0.2, 0.25) is 0 Å². The molecular weight excluding hydrogens is 231 g/mol. The van der Waals surface area contributed by atoms with E-state index in [1.165, 1.54) is 0 Å². The maximum atomic E-state index is 11.8. The Morgan fingerprint density at radius 1 is 1.50 bits per heavy atom. The van der Waals surface area contributed by atoms with Gasteiger partial charge < -0.3 is 0 Å². The standard InChI is InChI=1S/C4BrF3NS/c5-3-2(4(6,7)8)9-1-10-3. The van der Waals surface area contributed by atoms with Gasteiger partial charge in [-0.1, -0.05) is 0 Å². The van der Waals surface area contributed by atoms with Crippen molar-refractivity contribution in [1.29, 1.82) is 0 Å². The van der Waals surface area contributed by atoms with E-state index in [2.05, 4.69) is 26.4 Å². The predicted octanol–water partition coefficient (Wildman–Crippen LogP) is 2.72. The van der Waals surface area contributed by atoms with E-state index < -0.39 is 11.9 Å². The van der Waals surface area contributed by atoms with E-state index in [1.54, 1.807) is 0 Å². The van der Waals surface area contributed by atoms with Gasteiger partial charge >= 0.3 is 6.18 Å². The van der Waals surface area contributed by atoms with Crippen LogP contribution in [0.4, 0.5) is 13.2 Å². The van der Waals surface area contributed by atoms with Crippen LogP contribution < -0.4 is 0 Å². The summed E-state index contributed by atoms with van der Waals surface area (Å²) in [4.78, 5) is 3.01. The molecule has 1 heterocycles. The highest BCUT2D eigenvalue weighted by molar-refractivity contribution is 9.11. The van der Waals surface area contributed by atoms with Gasteiger partial charge in [0.05, 0.1) is 0 Å². The maximum Gasteiger partial charge on any atom is 0.435 e. The molecule has 0 bridgehead atoms. The average Bonchev–Trinajstić information content (AvgIpc) is 2.11. The van der Waals surface area contributed by atoms with Crippen LogP contribution in [-0.2, 0) is 6.18 Å². The van der Waals surface area contributed by atoms with Gasteiger partial charge in [0.15, 0.2) is 11.2 Å². The summed E-state index contributed by atoms with van der Waals surface area (Å²) in [5.74, 6) is 0. The average molecular weight is 231 g/mol. The van der Waals surface area contributed by atoms with Crippen LogP contribution >= 0.6 is 27.3 Å². The molecule has 55 valence electrons. The minimum absolute atomic E-state index is 0.0278. The van der Waals surface area contributed by atoms with Crippen molar-refractivity contribution < 1.29 is 13.2 Å².